The van der Waals surface area contributed by atoms with Crippen LogP contribution in [-0.2, 0) is 0 Å². The number of nitriles is 1. The van der Waals surface area contributed by atoms with Gasteiger partial charge in [-0.2, -0.15) is 5.26 Å². The van der Waals surface area contributed by atoms with Gasteiger partial charge in [-0.15, -0.1) is 0 Å². The summed E-state index contributed by atoms with van der Waals surface area (Å²) in [6.45, 7) is 10.2. The topological polar surface area (TPSA) is 39.1 Å². The Morgan fingerprint density at radius 3 is 2.33 bits per heavy atom. The quantitative estimate of drug-likeness (QED) is 0.864. The third kappa shape index (κ3) is 2.55. The lowest BCUT2D eigenvalue weighted by molar-refractivity contribution is 0.207. The average molecular weight is 243 g/mol. The van der Waals surface area contributed by atoms with Crippen LogP contribution in [0, 0.1) is 32.1 Å². The normalized spacial score (nSPS) is 18.3. The van der Waals surface area contributed by atoms with Gasteiger partial charge in [0.25, 0.3) is 0 Å². The first-order valence-corrected chi connectivity index (χ1v) is 6.55. The van der Waals surface area contributed by atoms with Gasteiger partial charge in [0.15, 0.2) is 0 Å². The molecular formula is C15H21N3. The minimum atomic E-state index is -0.105. The summed E-state index contributed by atoms with van der Waals surface area (Å²) in [5.41, 5.74) is 4.96. The maximum atomic E-state index is 9.50. The molecular weight excluding hydrogens is 222 g/mol. The fourth-order valence-corrected chi connectivity index (χ4v) is 2.57. The molecule has 0 spiro atoms. The Balaban J connectivity index is 2.32. The molecule has 0 aliphatic carbocycles. The molecule has 1 aliphatic rings. The summed E-state index contributed by atoms with van der Waals surface area (Å²) < 4.78 is 0. The van der Waals surface area contributed by atoms with E-state index in [-0.39, 0.29) is 6.04 Å². The molecule has 18 heavy (non-hydrogen) atoms. The van der Waals surface area contributed by atoms with Crippen molar-refractivity contribution >= 4 is 0 Å². The maximum absolute atomic E-state index is 9.50. The van der Waals surface area contributed by atoms with Crippen molar-refractivity contribution in [3.63, 3.8) is 0 Å². The zero-order valence-corrected chi connectivity index (χ0v) is 11.5. The van der Waals surface area contributed by atoms with Gasteiger partial charge in [-0.05, 0) is 43.0 Å². The molecule has 1 N–H and O–H groups in total. The molecule has 1 unspecified atom stereocenters. The van der Waals surface area contributed by atoms with Crippen molar-refractivity contribution in [3.05, 3.63) is 34.4 Å². The standard InChI is InChI=1S/C15H21N3/c1-11-8-13(3)14(9-12(11)2)15(10-16)18-6-4-17-5-7-18/h8-9,15,17H,4-7H2,1-3H3. The van der Waals surface area contributed by atoms with Crippen LogP contribution in [0.25, 0.3) is 0 Å². The minimum Gasteiger partial charge on any atom is -0.314 e. The monoisotopic (exact) mass is 243 g/mol. The van der Waals surface area contributed by atoms with Crippen molar-refractivity contribution in [2.45, 2.75) is 26.8 Å². The second kappa shape index (κ2) is 5.51. The molecule has 1 aromatic carbocycles. The number of aryl methyl sites for hydroxylation is 3. The molecule has 1 atom stereocenters. The second-order valence-electron chi connectivity index (χ2n) is 5.11. The maximum Gasteiger partial charge on any atom is 0.124 e. The van der Waals surface area contributed by atoms with Gasteiger partial charge in [-0.25, -0.2) is 0 Å². The van der Waals surface area contributed by atoms with Crippen LogP contribution in [0.1, 0.15) is 28.3 Å². The molecule has 1 saturated heterocycles. The molecule has 96 valence electrons. The molecule has 2 rings (SSSR count). The van der Waals surface area contributed by atoms with E-state index < -0.39 is 0 Å². The van der Waals surface area contributed by atoms with Crippen LogP contribution in [0.15, 0.2) is 12.1 Å². The van der Waals surface area contributed by atoms with Crippen LogP contribution in [-0.4, -0.2) is 31.1 Å². The lowest BCUT2D eigenvalue weighted by Crippen LogP contribution is -2.45. The fraction of sp³-hybridized carbons (Fsp3) is 0.533. The van der Waals surface area contributed by atoms with Gasteiger partial charge in [0.05, 0.1) is 6.07 Å². The minimum absolute atomic E-state index is 0.105. The van der Waals surface area contributed by atoms with Gasteiger partial charge in [-0.3, -0.25) is 4.90 Å². The van der Waals surface area contributed by atoms with Crippen molar-refractivity contribution in [2.24, 2.45) is 0 Å². The van der Waals surface area contributed by atoms with Gasteiger partial charge < -0.3 is 5.32 Å². The predicted molar refractivity (Wildman–Crippen MR) is 73.4 cm³/mol. The van der Waals surface area contributed by atoms with E-state index >= 15 is 0 Å². The van der Waals surface area contributed by atoms with Crippen LogP contribution < -0.4 is 5.32 Å². The first kappa shape index (κ1) is 13.1. The van der Waals surface area contributed by atoms with Crippen molar-refractivity contribution in [3.8, 4) is 6.07 Å². The number of nitrogens with one attached hydrogen (secondary N) is 1. The fourth-order valence-electron chi connectivity index (χ4n) is 2.57. The highest BCUT2D eigenvalue weighted by Crippen LogP contribution is 2.26. The molecule has 0 saturated carbocycles. The van der Waals surface area contributed by atoms with Crippen LogP contribution in [0.3, 0.4) is 0 Å². The van der Waals surface area contributed by atoms with Gasteiger partial charge in [0.1, 0.15) is 6.04 Å². The Morgan fingerprint density at radius 2 is 1.72 bits per heavy atom. The van der Waals surface area contributed by atoms with Gasteiger partial charge >= 0.3 is 0 Å². The van der Waals surface area contributed by atoms with Crippen molar-refractivity contribution in [1.29, 1.82) is 5.26 Å². The van der Waals surface area contributed by atoms with Crippen LogP contribution >= 0.6 is 0 Å². The lowest BCUT2D eigenvalue weighted by Gasteiger charge is -2.32. The summed E-state index contributed by atoms with van der Waals surface area (Å²) >= 11 is 0. The number of nitrogens with zero attached hydrogens (tertiary/aromatic N) is 2. The van der Waals surface area contributed by atoms with Crippen molar-refractivity contribution in [2.75, 3.05) is 26.2 Å². The predicted octanol–water partition coefficient (Wildman–Crippen LogP) is 2.08. The van der Waals surface area contributed by atoms with E-state index in [1.54, 1.807) is 0 Å². The Hall–Kier alpha value is -1.37. The number of hydrogen-bond acceptors (Lipinski definition) is 3. The molecule has 3 nitrogen and oxygen atoms in total. The summed E-state index contributed by atoms with van der Waals surface area (Å²) in [5, 5.41) is 12.8. The van der Waals surface area contributed by atoms with Gasteiger partial charge in [0.2, 0.25) is 0 Å². The van der Waals surface area contributed by atoms with Crippen LogP contribution in [0.4, 0.5) is 0 Å². The van der Waals surface area contributed by atoms with Crippen molar-refractivity contribution in [1.82, 2.24) is 10.2 Å². The Bertz CT molecular complexity index is 467. The number of hydrogen-bond donors (Lipinski definition) is 1. The summed E-state index contributed by atoms with van der Waals surface area (Å²) in [6, 6.07) is 6.74. The average Bonchev–Trinajstić information content (AvgIpc) is 2.38. The zero-order chi connectivity index (χ0) is 13.1. The smallest absolute Gasteiger partial charge is 0.124 e. The Labute approximate surface area is 109 Å². The van der Waals surface area contributed by atoms with E-state index in [1.165, 1.54) is 22.3 Å². The molecule has 3 heteroatoms. The molecule has 0 aromatic heterocycles. The first-order chi connectivity index (χ1) is 8.63. The number of piperazine rings is 1. The summed E-state index contributed by atoms with van der Waals surface area (Å²) in [4.78, 5) is 2.27. The second-order valence-corrected chi connectivity index (χ2v) is 5.11. The Morgan fingerprint density at radius 1 is 1.11 bits per heavy atom. The van der Waals surface area contributed by atoms with E-state index in [0.717, 1.165) is 26.2 Å². The van der Waals surface area contributed by atoms with Gasteiger partial charge in [0, 0.05) is 26.2 Å². The summed E-state index contributed by atoms with van der Waals surface area (Å²) in [6.07, 6.45) is 0. The third-order valence-corrected chi connectivity index (χ3v) is 3.82. The highest BCUT2D eigenvalue weighted by Gasteiger charge is 2.23. The number of benzene rings is 1. The molecule has 0 radical (unpaired) electrons. The van der Waals surface area contributed by atoms with E-state index in [0.29, 0.717) is 0 Å². The highest BCUT2D eigenvalue weighted by atomic mass is 15.2. The third-order valence-electron chi connectivity index (χ3n) is 3.82. The van der Waals surface area contributed by atoms with Crippen molar-refractivity contribution < 1.29 is 0 Å². The van der Waals surface area contributed by atoms with Gasteiger partial charge in [-0.1, -0.05) is 12.1 Å². The van der Waals surface area contributed by atoms with E-state index in [9.17, 15) is 5.26 Å². The molecule has 1 aliphatic heterocycles. The lowest BCUT2D eigenvalue weighted by atomic mass is 9.95. The highest BCUT2D eigenvalue weighted by molar-refractivity contribution is 5.40. The van der Waals surface area contributed by atoms with E-state index in [4.69, 9.17) is 0 Å². The first-order valence-electron chi connectivity index (χ1n) is 6.55. The van der Waals surface area contributed by atoms with E-state index in [1.807, 2.05) is 0 Å². The SMILES string of the molecule is Cc1cc(C)c(C(C#N)N2CCNCC2)cc1C. The Kier molecular flexibility index (Phi) is 4.00. The zero-order valence-electron chi connectivity index (χ0n) is 11.5. The number of rotatable bonds is 2. The molecule has 1 heterocycles. The summed E-state index contributed by atoms with van der Waals surface area (Å²) in [5.74, 6) is 0. The summed E-state index contributed by atoms with van der Waals surface area (Å²) in [7, 11) is 0. The van der Waals surface area contributed by atoms with Crippen LogP contribution in [0.5, 0.6) is 0 Å². The molecule has 1 fully saturated rings. The van der Waals surface area contributed by atoms with Crippen LogP contribution in [0.2, 0.25) is 0 Å². The molecule has 0 amide bonds. The van der Waals surface area contributed by atoms with E-state index in [2.05, 4.69) is 49.2 Å². The molecule has 0 bridgehead atoms. The molecule has 1 aromatic rings. The largest absolute Gasteiger partial charge is 0.314 e.